The predicted molar refractivity (Wildman–Crippen MR) is 39.7 cm³/mol. The van der Waals surface area contributed by atoms with Gasteiger partial charge in [-0.25, -0.2) is 4.79 Å². The molecule has 0 aromatic rings. The highest BCUT2D eigenvalue weighted by Gasteiger charge is 2.81. The largest absolute Gasteiger partial charge is 0.460 e. The smallest absolute Gasteiger partial charge is 0.260 e. The van der Waals surface area contributed by atoms with E-state index >= 15 is 0 Å². The Hall–Kier alpha value is -1.96. The molecular formula is C6H2F9NO5. The number of halogens is 9. The highest BCUT2D eigenvalue weighted by atomic mass is 19.4. The SMILES string of the molecule is O=C(CC(F)(F)C(F)(F)C(F)(F)C(F)(F)F)OO[N+](=O)[O-]. The van der Waals surface area contributed by atoms with Crippen LogP contribution in [0.1, 0.15) is 6.42 Å². The summed E-state index contributed by atoms with van der Waals surface area (Å²) in [4.78, 5) is 25.4. The van der Waals surface area contributed by atoms with Crippen LogP contribution < -0.4 is 0 Å². The molecule has 0 atom stereocenters. The predicted octanol–water partition coefficient (Wildman–Crippen LogP) is 2.51. The Balaban J connectivity index is 5.21. The number of carbonyl (C=O) groups excluding carboxylic acids is 1. The van der Waals surface area contributed by atoms with Crippen LogP contribution in [0.4, 0.5) is 39.5 Å². The zero-order valence-electron chi connectivity index (χ0n) is 9.10. The van der Waals surface area contributed by atoms with E-state index in [1.54, 1.807) is 0 Å². The maximum atomic E-state index is 12.7. The molecule has 124 valence electrons. The third-order valence-electron chi connectivity index (χ3n) is 1.77. The van der Waals surface area contributed by atoms with Crippen LogP contribution in [0.25, 0.3) is 0 Å². The van der Waals surface area contributed by atoms with E-state index in [1.807, 2.05) is 0 Å². The molecule has 0 amide bonds. The van der Waals surface area contributed by atoms with Crippen molar-refractivity contribution in [2.45, 2.75) is 30.4 Å². The van der Waals surface area contributed by atoms with Crippen LogP contribution in [0, 0.1) is 10.1 Å². The first-order valence-corrected chi connectivity index (χ1v) is 4.28. The van der Waals surface area contributed by atoms with Gasteiger partial charge in [0.15, 0.2) is 0 Å². The third-order valence-corrected chi connectivity index (χ3v) is 1.77. The van der Waals surface area contributed by atoms with Crippen molar-refractivity contribution >= 4 is 5.97 Å². The monoisotopic (exact) mass is 339 g/mol. The lowest BCUT2D eigenvalue weighted by molar-refractivity contribution is -0.839. The van der Waals surface area contributed by atoms with Crippen molar-refractivity contribution in [3.8, 4) is 0 Å². The van der Waals surface area contributed by atoms with Gasteiger partial charge in [-0.3, -0.25) is 4.89 Å². The van der Waals surface area contributed by atoms with Crippen LogP contribution in [0.3, 0.4) is 0 Å². The van der Waals surface area contributed by atoms with Crippen molar-refractivity contribution in [3.05, 3.63) is 10.1 Å². The number of hydrogen-bond acceptors (Lipinski definition) is 5. The topological polar surface area (TPSA) is 78.7 Å². The van der Waals surface area contributed by atoms with E-state index in [9.17, 15) is 54.4 Å². The fourth-order valence-electron chi connectivity index (χ4n) is 0.801. The lowest BCUT2D eigenvalue weighted by Gasteiger charge is -2.32. The quantitative estimate of drug-likeness (QED) is 0.322. The van der Waals surface area contributed by atoms with Crippen LogP contribution in [-0.4, -0.2) is 35.0 Å². The van der Waals surface area contributed by atoms with Crippen molar-refractivity contribution in [1.29, 1.82) is 0 Å². The van der Waals surface area contributed by atoms with Gasteiger partial charge in [-0.15, -0.1) is 10.1 Å². The molecule has 0 aromatic carbocycles. The van der Waals surface area contributed by atoms with Crippen LogP contribution in [0.2, 0.25) is 0 Å². The zero-order valence-corrected chi connectivity index (χ0v) is 9.10. The minimum atomic E-state index is -7.17. The third kappa shape index (κ3) is 3.78. The van der Waals surface area contributed by atoms with Gasteiger partial charge in [-0.05, 0) is 0 Å². The molecule has 0 fully saturated rings. The molecule has 0 bridgehead atoms. The van der Waals surface area contributed by atoms with E-state index in [2.05, 4.69) is 9.88 Å². The minimum Gasteiger partial charge on any atom is -0.260 e. The lowest BCUT2D eigenvalue weighted by atomic mass is 10.0. The Morgan fingerprint density at radius 1 is 0.952 bits per heavy atom. The molecule has 0 aromatic heterocycles. The fourth-order valence-corrected chi connectivity index (χ4v) is 0.801. The zero-order chi connectivity index (χ0) is 17.3. The summed E-state index contributed by atoms with van der Waals surface area (Å²) < 4.78 is 110. The number of rotatable bonds is 6. The summed E-state index contributed by atoms with van der Waals surface area (Å²) in [7, 11) is 0. The van der Waals surface area contributed by atoms with Gasteiger partial charge in [0.2, 0.25) is 0 Å². The Morgan fingerprint density at radius 3 is 1.71 bits per heavy atom. The Kier molecular flexibility index (Phi) is 4.93. The molecule has 0 unspecified atom stereocenters. The summed E-state index contributed by atoms with van der Waals surface area (Å²) >= 11 is 0. The molecule has 0 heterocycles. The second-order valence-corrected chi connectivity index (χ2v) is 3.28. The lowest BCUT2D eigenvalue weighted by Crippen LogP contribution is -2.61. The van der Waals surface area contributed by atoms with Crippen molar-refractivity contribution in [1.82, 2.24) is 0 Å². The molecule has 0 spiro atoms. The average Bonchev–Trinajstić information content (AvgIpc) is 2.23. The summed E-state index contributed by atoms with van der Waals surface area (Å²) in [5.41, 5.74) is 0. The first kappa shape index (κ1) is 19.0. The maximum absolute atomic E-state index is 12.7. The first-order chi connectivity index (χ1) is 9.06. The molecule has 0 aliphatic rings. The van der Waals surface area contributed by atoms with E-state index in [0.29, 0.717) is 0 Å². The van der Waals surface area contributed by atoms with Crippen molar-refractivity contribution in [2.75, 3.05) is 0 Å². The van der Waals surface area contributed by atoms with Gasteiger partial charge in [0.05, 0.1) is 0 Å². The molecule has 0 aliphatic carbocycles. The van der Waals surface area contributed by atoms with Gasteiger partial charge in [0.1, 0.15) is 6.42 Å². The van der Waals surface area contributed by atoms with E-state index in [4.69, 9.17) is 0 Å². The van der Waals surface area contributed by atoms with Crippen LogP contribution >= 0.6 is 0 Å². The van der Waals surface area contributed by atoms with Gasteiger partial charge in [-0.2, -0.15) is 39.5 Å². The molecule has 0 saturated carbocycles. The van der Waals surface area contributed by atoms with Gasteiger partial charge < -0.3 is 0 Å². The van der Waals surface area contributed by atoms with Crippen LogP contribution in [0.15, 0.2) is 0 Å². The molecule has 15 heteroatoms. The molecular weight excluding hydrogens is 337 g/mol. The van der Waals surface area contributed by atoms with Gasteiger partial charge in [0, 0.05) is 0 Å². The Morgan fingerprint density at radius 2 is 1.38 bits per heavy atom. The second-order valence-electron chi connectivity index (χ2n) is 3.28. The standard InChI is InChI=1S/C6H2F9NO5/c7-3(8,1-2(17)20-21-16(18)19)4(9,10)5(11,12)6(13,14)15/h1H2. The number of nitrogens with zero attached hydrogens (tertiary/aromatic N) is 1. The Labute approximate surface area is 107 Å². The molecule has 0 rings (SSSR count). The van der Waals surface area contributed by atoms with E-state index < -0.39 is 41.4 Å². The van der Waals surface area contributed by atoms with Gasteiger partial charge in [0.25, 0.3) is 0 Å². The highest BCUT2D eigenvalue weighted by Crippen LogP contribution is 2.54. The number of carbonyl (C=O) groups is 1. The normalized spacial score (nSPS) is 13.8. The maximum Gasteiger partial charge on any atom is 0.460 e. The summed E-state index contributed by atoms with van der Waals surface area (Å²) in [5, 5.41) is 7.55. The fraction of sp³-hybridized carbons (Fsp3) is 0.833. The summed E-state index contributed by atoms with van der Waals surface area (Å²) in [5.74, 6) is -23.1. The van der Waals surface area contributed by atoms with Crippen molar-refractivity contribution in [3.63, 3.8) is 0 Å². The van der Waals surface area contributed by atoms with Gasteiger partial charge >= 0.3 is 35.0 Å². The molecule has 6 nitrogen and oxygen atoms in total. The molecule has 0 radical (unpaired) electrons. The van der Waals surface area contributed by atoms with E-state index in [-0.39, 0.29) is 0 Å². The Bertz CT molecular complexity index is 419. The highest BCUT2D eigenvalue weighted by molar-refractivity contribution is 5.70. The summed E-state index contributed by atoms with van der Waals surface area (Å²) in [6.07, 6.45) is -10.1. The van der Waals surface area contributed by atoms with Crippen LogP contribution in [0.5, 0.6) is 0 Å². The van der Waals surface area contributed by atoms with Crippen LogP contribution in [-0.2, 0) is 14.7 Å². The molecule has 0 aliphatic heterocycles. The molecule has 0 N–H and O–H groups in total. The first-order valence-electron chi connectivity index (χ1n) is 4.28. The second kappa shape index (κ2) is 5.44. The summed E-state index contributed by atoms with van der Waals surface area (Å²) in [6.45, 7) is 0. The van der Waals surface area contributed by atoms with Gasteiger partial charge in [-0.1, -0.05) is 4.99 Å². The number of alkyl halides is 9. The van der Waals surface area contributed by atoms with Crippen molar-refractivity contribution < 1.29 is 59.3 Å². The average molecular weight is 339 g/mol. The minimum absolute atomic E-state index is 1.90. The summed E-state index contributed by atoms with van der Waals surface area (Å²) in [6, 6.07) is 0. The number of hydrogen-bond donors (Lipinski definition) is 0. The molecule has 21 heavy (non-hydrogen) atoms. The van der Waals surface area contributed by atoms with Crippen molar-refractivity contribution in [2.24, 2.45) is 0 Å². The molecule has 0 saturated heterocycles. The van der Waals surface area contributed by atoms with E-state index in [0.717, 1.165) is 0 Å². The van der Waals surface area contributed by atoms with E-state index in [1.165, 1.54) is 0 Å².